The van der Waals surface area contributed by atoms with Crippen LogP contribution >= 0.6 is 0 Å². The fourth-order valence-corrected chi connectivity index (χ4v) is 2.66. The van der Waals surface area contributed by atoms with Gasteiger partial charge >= 0.3 is 0 Å². The van der Waals surface area contributed by atoms with Crippen molar-refractivity contribution in [3.63, 3.8) is 0 Å². The molecule has 4 N–H and O–H groups in total. The standard InChI is InChI=1S/C16H19F2N3O2/c17-12-7-10(8-13(18)9-12)1-2-14(22)21-5-3-11(4-6-21)15(19)16(20)23/h1-2,7-9,11,15H,3-6,19H2,(H2,20,23)/b2-1+. The van der Waals surface area contributed by atoms with E-state index in [-0.39, 0.29) is 17.4 Å². The van der Waals surface area contributed by atoms with Crippen LogP contribution in [0.25, 0.3) is 6.08 Å². The molecule has 5 nitrogen and oxygen atoms in total. The van der Waals surface area contributed by atoms with Crippen LogP contribution in [0.15, 0.2) is 24.3 Å². The van der Waals surface area contributed by atoms with Crippen LogP contribution in [0.2, 0.25) is 0 Å². The van der Waals surface area contributed by atoms with Gasteiger partial charge in [0.15, 0.2) is 0 Å². The van der Waals surface area contributed by atoms with Crippen molar-refractivity contribution in [2.75, 3.05) is 13.1 Å². The molecule has 1 aromatic rings. The van der Waals surface area contributed by atoms with Gasteiger partial charge in [-0.1, -0.05) is 0 Å². The van der Waals surface area contributed by atoms with Gasteiger partial charge in [0, 0.05) is 25.2 Å². The second-order valence-corrected chi connectivity index (χ2v) is 5.63. The van der Waals surface area contributed by atoms with Crippen LogP contribution in [-0.2, 0) is 9.59 Å². The molecule has 1 aliphatic rings. The van der Waals surface area contributed by atoms with Crippen LogP contribution in [0.3, 0.4) is 0 Å². The van der Waals surface area contributed by atoms with Gasteiger partial charge < -0.3 is 16.4 Å². The normalized spacial score (nSPS) is 17.4. The van der Waals surface area contributed by atoms with E-state index in [9.17, 15) is 18.4 Å². The van der Waals surface area contributed by atoms with E-state index < -0.39 is 23.6 Å². The molecule has 0 saturated carbocycles. The highest BCUT2D eigenvalue weighted by molar-refractivity contribution is 5.91. The average Bonchev–Trinajstić information content (AvgIpc) is 2.51. The number of amides is 2. The van der Waals surface area contributed by atoms with E-state index in [2.05, 4.69) is 0 Å². The summed E-state index contributed by atoms with van der Waals surface area (Å²) in [6.07, 6.45) is 3.84. The van der Waals surface area contributed by atoms with Crippen LogP contribution in [-0.4, -0.2) is 35.8 Å². The van der Waals surface area contributed by atoms with Gasteiger partial charge in [0.05, 0.1) is 6.04 Å². The summed E-state index contributed by atoms with van der Waals surface area (Å²) in [6.45, 7) is 0.929. The zero-order chi connectivity index (χ0) is 17.0. The van der Waals surface area contributed by atoms with Crippen molar-refractivity contribution in [1.29, 1.82) is 0 Å². The molecule has 1 unspecified atom stereocenters. The fourth-order valence-electron chi connectivity index (χ4n) is 2.66. The maximum Gasteiger partial charge on any atom is 0.246 e. The number of hydrogen-bond acceptors (Lipinski definition) is 3. The smallest absolute Gasteiger partial charge is 0.246 e. The summed E-state index contributed by atoms with van der Waals surface area (Å²) in [5.74, 6) is -2.21. The lowest BCUT2D eigenvalue weighted by atomic mass is 9.89. The molecule has 1 aromatic carbocycles. The second-order valence-electron chi connectivity index (χ2n) is 5.63. The molecule has 23 heavy (non-hydrogen) atoms. The molecular weight excluding hydrogens is 304 g/mol. The number of carbonyl (C=O) groups excluding carboxylic acids is 2. The fraction of sp³-hybridized carbons (Fsp3) is 0.375. The molecular formula is C16H19F2N3O2. The van der Waals surface area contributed by atoms with Crippen molar-refractivity contribution >= 4 is 17.9 Å². The van der Waals surface area contributed by atoms with Gasteiger partial charge in [-0.3, -0.25) is 9.59 Å². The average molecular weight is 323 g/mol. The molecule has 0 radical (unpaired) electrons. The highest BCUT2D eigenvalue weighted by Crippen LogP contribution is 2.20. The number of rotatable bonds is 4. The number of benzene rings is 1. The van der Waals surface area contributed by atoms with Crippen molar-refractivity contribution in [2.45, 2.75) is 18.9 Å². The minimum Gasteiger partial charge on any atom is -0.368 e. The van der Waals surface area contributed by atoms with Crippen LogP contribution in [0, 0.1) is 17.6 Å². The third-order valence-corrected chi connectivity index (χ3v) is 3.99. The monoisotopic (exact) mass is 323 g/mol. The van der Waals surface area contributed by atoms with Crippen LogP contribution in [0.1, 0.15) is 18.4 Å². The summed E-state index contributed by atoms with van der Waals surface area (Å²) in [5, 5.41) is 0. The summed E-state index contributed by atoms with van der Waals surface area (Å²) in [7, 11) is 0. The molecule has 1 fully saturated rings. The first-order chi connectivity index (χ1) is 10.9. The third-order valence-electron chi connectivity index (χ3n) is 3.99. The zero-order valence-electron chi connectivity index (χ0n) is 12.5. The summed E-state index contributed by atoms with van der Waals surface area (Å²) in [5.41, 5.74) is 11.2. The van der Waals surface area contributed by atoms with Crippen molar-refractivity contribution in [1.82, 2.24) is 4.90 Å². The Labute approximate surface area is 132 Å². The lowest BCUT2D eigenvalue weighted by Crippen LogP contribution is -2.48. The maximum atomic E-state index is 13.1. The number of carbonyl (C=O) groups is 2. The topological polar surface area (TPSA) is 89.4 Å². The Hall–Kier alpha value is -2.28. The highest BCUT2D eigenvalue weighted by atomic mass is 19.1. The Bertz CT molecular complexity index is 606. The molecule has 0 bridgehead atoms. The minimum atomic E-state index is -0.696. The number of piperidine rings is 1. The van der Waals surface area contributed by atoms with Crippen molar-refractivity contribution in [3.8, 4) is 0 Å². The summed E-state index contributed by atoms with van der Waals surface area (Å²) >= 11 is 0. The Kier molecular flexibility index (Phi) is 5.44. The van der Waals surface area contributed by atoms with Gasteiger partial charge in [-0.05, 0) is 42.5 Å². The van der Waals surface area contributed by atoms with Gasteiger partial charge in [-0.25, -0.2) is 8.78 Å². The maximum absolute atomic E-state index is 13.1. The number of halogens is 2. The highest BCUT2D eigenvalue weighted by Gasteiger charge is 2.28. The summed E-state index contributed by atoms with van der Waals surface area (Å²) in [6, 6.07) is 2.36. The Morgan fingerprint density at radius 1 is 1.17 bits per heavy atom. The Morgan fingerprint density at radius 3 is 2.26 bits per heavy atom. The zero-order valence-corrected chi connectivity index (χ0v) is 12.5. The van der Waals surface area contributed by atoms with Crippen molar-refractivity contribution in [3.05, 3.63) is 41.5 Å². The SMILES string of the molecule is NC(=O)C(N)C1CCN(C(=O)/C=C/c2cc(F)cc(F)c2)CC1. The molecule has 7 heteroatoms. The van der Waals surface area contributed by atoms with Gasteiger partial charge in [0.25, 0.3) is 0 Å². The Balaban J connectivity index is 1.92. The first-order valence-electron chi connectivity index (χ1n) is 7.35. The predicted octanol–water partition coefficient (Wildman–Crippen LogP) is 1.03. The van der Waals surface area contributed by atoms with Crippen molar-refractivity contribution in [2.24, 2.45) is 17.4 Å². The van der Waals surface area contributed by atoms with E-state index >= 15 is 0 Å². The second kappa shape index (κ2) is 7.32. The van der Waals surface area contributed by atoms with Crippen LogP contribution in [0.4, 0.5) is 8.78 Å². The molecule has 0 aromatic heterocycles. The van der Waals surface area contributed by atoms with E-state index in [4.69, 9.17) is 11.5 Å². The number of primary amides is 1. The van der Waals surface area contributed by atoms with E-state index in [1.807, 2.05) is 0 Å². The molecule has 0 spiro atoms. The number of hydrogen-bond donors (Lipinski definition) is 2. The lowest BCUT2D eigenvalue weighted by Gasteiger charge is -2.33. The number of nitrogens with zero attached hydrogens (tertiary/aromatic N) is 1. The molecule has 2 amide bonds. The quantitative estimate of drug-likeness (QED) is 0.811. The molecule has 0 aliphatic carbocycles. The summed E-state index contributed by atoms with van der Waals surface area (Å²) in [4.78, 5) is 24.8. The van der Waals surface area contributed by atoms with E-state index in [0.717, 1.165) is 18.2 Å². The van der Waals surface area contributed by atoms with Crippen LogP contribution in [0.5, 0.6) is 0 Å². The molecule has 1 atom stereocenters. The molecule has 2 rings (SSSR count). The minimum absolute atomic E-state index is 0.0298. The van der Waals surface area contributed by atoms with Gasteiger partial charge in [0.1, 0.15) is 11.6 Å². The number of nitrogens with two attached hydrogens (primary N) is 2. The molecule has 124 valence electrons. The van der Waals surface area contributed by atoms with E-state index in [1.165, 1.54) is 12.2 Å². The largest absolute Gasteiger partial charge is 0.368 e. The van der Waals surface area contributed by atoms with Gasteiger partial charge in [-0.15, -0.1) is 0 Å². The van der Waals surface area contributed by atoms with E-state index in [0.29, 0.717) is 25.9 Å². The Morgan fingerprint density at radius 2 is 1.74 bits per heavy atom. The van der Waals surface area contributed by atoms with Gasteiger partial charge in [0.2, 0.25) is 11.8 Å². The molecule has 1 saturated heterocycles. The predicted molar refractivity (Wildman–Crippen MR) is 81.9 cm³/mol. The summed E-state index contributed by atoms with van der Waals surface area (Å²) < 4.78 is 26.1. The van der Waals surface area contributed by atoms with E-state index in [1.54, 1.807) is 4.90 Å². The molecule has 1 heterocycles. The molecule has 1 aliphatic heterocycles. The first kappa shape index (κ1) is 17.1. The van der Waals surface area contributed by atoms with Crippen LogP contribution < -0.4 is 11.5 Å². The lowest BCUT2D eigenvalue weighted by molar-refractivity contribution is -0.127. The van der Waals surface area contributed by atoms with Crippen molar-refractivity contribution < 1.29 is 18.4 Å². The number of likely N-dealkylation sites (tertiary alicyclic amines) is 1. The third kappa shape index (κ3) is 4.59. The van der Waals surface area contributed by atoms with Gasteiger partial charge in [-0.2, -0.15) is 0 Å². The first-order valence-corrected chi connectivity index (χ1v) is 7.35.